The molecule has 0 radical (unpaired) electrons. The molecule has 1 aromatic carbocycles. The molecular weight excluding hydrogens is 300 g/mol. The molecule has 1 aliphatic rings. The molecule has 0 aliphatic heterocycles. The van der Waals surface area contributed by atoms with E-state index in [2.05, 4.69) is 10.0 Å². The number of benzene rings is 1. The average molecular weight is 326 g/mol. The molecular formula is C16H26N2O3S. The Morgan fingerprint density at radius 3 is 2.50 bits per heavy atom. The molecule has 1 aromatic rings. The maximum atomic E-state index is 11.9. The van der Waals surface area contributed by atoms with Crippen LogP contribution in [0.25, 0.3) is 0 Å². The van der Waals surface area contributed by atoms with Crippen LogP contribution in [0.4, 0.5) is 5.69 Å². The van der Waals surface area contributed by atoms with E-state index in [0.717, 1.165) is 37.9 Å². The highest BCUT2D eigenvalue weighted by Gasteiger charge is 2.26. The van der Waals surface area contributed by atoms with Crippen LogP contribution in [0.15, 0.2) is 24.3 Å². The number of phenolic OH excluding ortho intramolecular Hbond substituents is 1. The Labute approximate surface area is 133 Å². The van der Waals surface area contributed by atoms with Crippen LogP contribution < -0.4 is 10.0 Å². The Hall–Kier alpha value is -1.27. The van der Waals surface area contributed by atoms with E-state index in [1.165, 1.54) is 0 Å². The van der Waals surface area contributed by atoms with Gasteiger partial charge in [0.15, 0.2) is 0 Å². The molecule has 0 aromatic heterocycles. The summed E-state index contributed by atoms with van der Waals surface area (Å²) in [5.74, 6) is 0.805. The van der Waals surface area contributed by atoms with Crippen molar-refractivity contribution in [1.82, 2.24) is 4.72 Å². The molecule has 5 nitrogen and oxygen atoms in total. The largest absolute Gasteiger partial charge is 0.508 e. The van der Waals surface area contributed by atoms with Crippen LogP contribution in [0.3, 0.4) is 0 Å². The summed E-state index contributed by atoms with van der Waals surface area (Å²) in [6, 6.07) is 7.18. The minimum absolute atomic E-state index is 0.0735. The first-order chi connectivity index (χ1) is 10.4. The van der Waals surface area contributed by atoms with Gasteiger partial charge in [-0.3, -0.25) is 0 Å². The number of nitrogens with one attached hydrogen (secondary N) is 2. The Kier molecular flexibility index (Phi) is 5.69. The van der Waals surface area contributed by atoms with Gasteiger partial charge in [0, 0.05) is 24.3 Å². The van der Waals surface area contributed by atoms with Crippen molar-refractivity contribution in [2.45, 2.75) is 50.8 Å². The molecule has 124 valence electrons. The van der Waals surface area contributed by atoms with Gasteiger partial charge in [0.25, 0.3) is 0 Å². The third kappa shape index (κ3) is 4.88. The molecule has 0 amide bonds. The summed E-state index contributed by atoms with van der Waals surface area (Å²) in [5, 5.41) is 12.4. The quantitative estimate of drug-likeness (QED) is 0.751. The van der Waals surface area contributed by atoms with Crippen LogP contribution in [0.5, 0.6) is 5.75 Å². The first kappa shape index (κ1) is 17.1. The number of phenols is 1. The standard InChI is InChI=1S/C16H26N2O3S/c1-12(2)22(20,21)18-14-8-6-13(7-9-14)11-17-15-4-3-5-16(19)10-15/h3-5,10,12-14,17-19H,6-9,11H2,1-2H3. The third-order valence-electron chi connectivity index (χ3n) is 4.24. The summed E-state index contributed by atoms with van der Waals surface area (Å²) >= 11 is 0. The summed E-state index contributed by atoms with van der Waals surface area (Å²) in [4.78, 5) is 0. The van der Waals surface area contributed by atoms with Gasteiger partial charge in [-0.05, 0) is 57.6 Å². The molecule has 1 aliphatic carbocycles. The van der Waals surface area contributed by atoms with Gasteiger partial charge < -0.3 is 10.4 Å². The van der Waals surface area contributed by atoms with E-state index in [1.54, 1.807) is 26.0 Å². The maximum Gasteiger partial charge on any atom is 0.214 e. The fourth-order valence-electron chi connectivity index (χ4n) is 2.73. The van der Waals surface area contributed by atoms with Gasteiger partial charge in [0.1, 0.15) is 5.75 Å². The van der Waals surface area contributed by atoms with Gasteiger partial charge in [-0.1, -0.05) is 6.07 Å². The van der Waals surface area contributed by atoms with Crippen molar-refractivity contribution in [2.75, 3.05) is 11.9 Å². The molecule has 0 spiro atoms. The van der Waals surface area contributed by atoms with Gasteiger partial charge in [0.2, 0.25) is 10.0 Å². The van der Waals surface area contributed by atoms with Crippen molar-refractivity contribution in [3.63, 3.8) is 0 Å². The molecule has 3 N–H and O–H groups in total. The molecule has 2 rings (SSSR count). The molecule has 1 saturated carbocycles. The molecule has 0 unspecified atom stereocenters. The van der Waals surface area contributed by atoms with E-state index in [4.69, 9.17) is 0 Å². The lowest BCUT2D eigenvalue weighted by Crippen LogP contribution is -2.41. The molecule has 6 heteroatoms. The van der Waals surface area contributed by atoms with Crippen LogP contribution in [-0.2, 0) is 10.0 Å². The van der Waals surface area contributed by atoms with E-state index in [9.17, 15) is 13.5 Å². The first-order valence-corrected chi connectivity index (χ1v) is 9.45. The molecule has 1 fully saturated rings. The third-order valence-corrected chi connectivity index (χ3v) is 6.14. The number of anilines is 1. The van der Waals surface area contributed by atoms with Crippen LogP contribution in [0.1, 0.15) is 39.5 Å². The highest BCUT2D eigenvalue weighted by atomic mass is 32.2. The SMILES string of the molecule is CC(C)S(=O)(=O)NC1CCC(CNc2cccc(O)c2)CC1. The summed E-state index contributed by atoms with van der Waals surface area (Å²) in [5.41, 5.74) is 0.919. The van der Waals surface area contributed by atoms with Gasteiger partial charge in [-0.25, -0.2) is 13.1 Å². The van der Waals surface area contributed by atoms with Crippen molar-refractivity contribution in [3.8, 4) is 5.75 Å². The lowest BCUT2D eigenvalue weighted by Gasteiger charge is -2.29. The van der Waals surface area contributed by atoms with E-state index in [1.807, 2.05) is 12.1 Å². The first-order valence-electron chi connectivity index (χ1n) is 7.91. The normalized spacial score (nSPS) is 22.7. The molecule has 0 bridgehead atoms. The Morgan fingerprint density at radius 2 is 1.91 bits per heavy atom. The highest BCUT2D eigenvalue weighted by molar-refractivity contribution is 7.90. The van der Waals surface area contributed by atoms with Crippen molar-refractivity contribution in [2.24, 2.45) is 5.92 Å². The summed E-state index contributed by atoms with van der Waals surface area (Å²) in [6.45, 7) is 4.26. The number of hydrogen-bond acceptors (Lipinski definition) is 4. The number of aromatic hydroxyl groups is 1. The number of rotatable bonds is 6. The zero-order valence-corrected chi connectivity index (χ0v) is 14.1. The molecule has 0 heterocycles. The molecule has 0 atom stereocenters. The van der Waals surface area contributed by atoms with Crippen molar-refractivity contribution >= 4 is 15.7 Å². The van der Waals surface area contributed by atoms with Gasteiger partial charge in [-0.15, -0.1) is 0 Å². The summed E-state index contributed by atoms with van der Waals surface area (Å²) in [7, 11) is -3.17. The van der Waals surface area contributed by atoms with Crippen molar-refractivity contribution in [1.29, 1.82) is 0 Å². The summed E-state index contributed by atoms with van der Waals surface area (Å²) in [6.07, 6.45) is 3.80. The second-order valence-corrected chi connectivity index (χ2v) is 8.63. The minimum Gasteiger partial charge on any atom is -0.508 e. The second-order valence-electron chi connectivity index (χ2n) is 6.36. The number of hydrogen-bond donors (Lipinski definition) is 3. The van der Waals surface area contributed by atoms with Gasteiger partial charge >= 0.3 is 0 Å². The van der Waals surface area contributed by atoms with Crippen molar-refractivity contribution in [3.05, 3.63) is 24.3 Å². The smallest absolute Gasteiger partial charge is 0.214 e. The van der Waals surface area contributed by atoms with E-state index in [0.29, 0.717) is 5.92 Å². The fraction of sp³-hybridized carbons (Fsp3) is 0.625. The van der Waals surface area contributed by atoms with Crippen LogP contribution in [0, 0.1) is 5.92 Å². The van der Waals surface area contributed by atoms with E-state index < -0.39 is 10.0 Å². The lowest BCUT2D eigenvalue weighted by molar-refractivity contribution is 0.323. The Morgan fingerprint density at radius 1 is 1.23 bits per heavy atom. The predicted molar refractivity (Wildman–Crippen MR) is 89.5 cm³/mol. The highest BCUT2D eigenvalue weighted by Crippen LogP contribution is 2.26. The Balaban J connectivity index is 1.76. The van der Waals surface area contributed by atoms with E-state index in [-0.39, 0.29) is 17.0 Å². The monoisotopic (exact) mass is 326 g/mol. The lowest BCUT2D eigenvalue weighted by atomic mass is 9.86. The van der Waals surface area contributed by atoms with E-state index >= 15 is 0 Å². The van der Waals surface area contributed by atoms with Crippen molar-refractivity contribution < 1.29 is 13.5 Å². The van der Waals surface area contributed by atoms with Crippen LogP contribution in [0.2, 0.25) is 0 Å². The fourth-order valence-corrected chi connectivity index (χ4v) is 3.70. The number of sulfonamides is 1. The average Bonchev–Trinajstić information content (AvgIpc) is 2.46. The van der Waals surface area contributed by atoms with Crippen LogP contribution in [-0.4, -0.2) is 31.4 Å². The Bertz CT molecular complexity index is 579. The van der Waals surface area contributed by atoms with Crippen LogP contribution >= 0.6 is 0 Å². The summed E-state index contributed by atoms with van der Waals surface area (Å²) < 4.78 is 26.6. The maximum absolute atomic E-state index is 11.9. The predicted octanol–water partition coefficient (Wildman–Crippen LogP) is 2.69. The van der Waals surface area contributed by atoms with Gasteiger partial charge in [0.05, 0.1) is 5.25 Å². The minimum atomic E-state index is -3.17. The zero-order valence-electron chi connectivity index (χ0n) is 13.2. The topological polar surface area (TPSA) is 78.4 Å². The molecule has 22 heavy (non-hydrogen) atoms. The molecule has 0 saturated heterocycles. The zero-order chi connectivity index (χ0) is 16.2. The van der Waals surface area contributed by atoms with Gasteiger partial charge in [-0.2, -0.15) is 0 Å². The second kappa shape index (κ2) is 7.33.